The van der Waals surface area contributed by atoms with Crippen LogP contribution in [0.3, 0.4) is 0 Å². The number of hydrogen-bond donors (Lipinski definition) is 1. The molecule has 3 heteroatoms. The zero-order valence-corrected chi connectivity index (χ0v) is 9.37. The minimum atomic E-state index is 0.265. The SMILES string of the molecule is CC(C)N(CCCO)CCCCC#N. The van der Waals surface area contributed by atoms with Crippen LogP contribution in [0.5, 0.6) is 0 Å². The molecule has 0 radical (unpaired) electrons. The van der Waals surface area contributed by atoms with E-state index in [0.717, 1.165) is 32.4 Å². The number of hydrogen-bond acceptors (Lipinski definition) is 3. The number of nitriles is 1. The van der Waals surface area contributed by atoms with Crippen LogP contribution in [0.25, 0.3) is 0 Å². The van der Waals surface area contributed by atoms with Crippen LogP contribution >= 0.6 is 0 Å². The summed E-state index contributed by atoms with van der Waals surface area (Å²) in [6.45, 7) is 6.60. The van der Waals surface area contributed by atoms with E-state index >= 15 is 0 Å². The Balaban J connectivity index is 3.58. The van der Waals surface area contributed by atoms with E-state index in [4.69, 9.17) is 10.4 Å². The highest BCUT2D eigenvalue weighted by Crippen LogP contribution is 2.03. The standard InChI is InChI=1S/C11H22N2O/c1-11(2)13(9-6-10-14)8-5-3-4-7-12/h11,14H,3-6,8-10H2,1-2H3. The lowest BCUT2D eigenvalue weighted by Crippen LogP contribution is -2.33. The molecule has 0 aromatic heterocycles. The third-order valence-electron chi connectivity index (χ3n) is 2.32. The summed E-state index contributed by atoms with van der Waals surface area (Å²) in [4.78, 5) is 2.35. The quantitative estimate of drug-likeness (QED) is 0.605. The second-order valence-corrected chi connectivity index (χ2v) is 3.82. The van der Waals surface area contributed by atoms with Crippen LogP contribution in [0.4, 0.5) is 0 Å². The molecule has 0 aliphatic carbocycles. The average Bonchev–Trinajstić information content (AvgIpc) is 2.16. The van der Waals surface area contributed by atoms with Crippen LogP contribution in [0.2, 0.25) is 0 Å². The van der Waals surface area contributed by atoms with Crippen LogP contribution in [-0.4, -0.2) is 35.7 Å². The Morgan fingerprint density at radius 1 is 1.21 bits per heavy atom. The van der Waals surface area contributed by atoms with Gasteiger partial charge < -0.3 is 10.0 Å². The fourth-order valence-corrected chi connectivity index (χ4v) is 1.42. The minimum Gasteiger partial charge on any atom is -0.396 e. The molecule has 0 heterocycles. The van der Waals surface area contributed by atoms with Gasteiger partial charge in [-0.3, -0.25) is 0 Å². The Morgan fingerprint density at radius 2 is 1.86 bits per heavy atom. The molecular formula is C11H22N2O. The molecule has 14 heavy (non-hydrogen) atoms. The smallest absolute Gasteiger partial charge is 0.0621 e. The first-order chi connectivity index (χ1) is 6.72. The summed E-state index contributed by atoms with van der Waals surface area (Å²) >= 11 is 0. The van der Waals surface area contributed by atoms with Crippen molar-refractivity contribution in [3.8, 4) is 6.07 Å². The lowest BCUT2D eigenvalue weighted by atomic mass is 10.2. The van der Waals surface area contributed by atoms with Crippen molar-refractivity contribution in [1.29, 1.82) is 5.26 Å². The predicted octanol–water partition coefficient (Wildman–Crippen LogP) is 1.77. The maximum atomic E-state index is 8.74. The highest BCUT2D eigenvalue weighted by Gasteiger charge is 2.07. The van der Waals surface area contributed by atoms with Gasteiger partial charge in [0.05, 0.1) is 6.07 Å². The Hall–Kier alpha value is -0.590. The van der Waals surface area contributed by atoms with Gasteiger partial charge in [-0.2, -0.15) is 5.26 Å². The Bertz CT molecular complexity index is 163. The van der Waals surface area contributed by atoms with Crippen molar-refractivity contribution < 1.29 is 5.11 Å². The highest BCUT2D eigenvalue weighted by molar-refractivity contribution is 4.69. The third-order valence-corrected chi connectivity index (χ3v) is 2.32. The Morgan fingerprint density at radius 3 is 2.36 bits per heavy atom. The van der Waals surface area contributed by atoms with Crippen molar-refractivity contribution in [3.05, 3.63) is 0 Å². The van der Waals surface area contributed by atoms with E-state index in [1.165, 1.54) is 0 Å². The first-order valence-electron chi connectivity index (χ1n) is 5.44. The predicted molar refractivity (Wildman–Crippen MR) is 57.9 cm³/mol. The van der Waals surface area contributed by atoms with Crippen LogP contribution in [0.1, 0.15) is 39.5 Å². The Kier molecular flexibility index (Phi) is 8.61. The number of rotatable bonds is 8. The van der Waals surface area contributed by atoms with E-state index < -0.39 is 0 Å². The maximum absolute atomic E-state index is 8.74. The van der Waals surface area contributed by atoms with Crippen molar-refractivity contribution in [1.82, 2.24) is 4.90 Å². The van der Waals surface area contributed by atoms with Gasteiger partial charge in [0.1, 0.15) is 0 Å². The number of nitrogens with zero attached hydrogens (tertiary/aromatic N) is 2. The summed E-state index contributed by atoms with van der Waals surface area (Å²) in [6, 6.07) is 2.69. The van der Waals surface area contributed by atoms with Crippen LogP contribution in [-0.2, 0) is 0 Å². The van der Waals surface area contributed by atoms with Gasteiger partial charge in [-0.25, -0.2) is 0 Å². The maximum Gasteiger partial charge on any atom is 0.0621 e. The topological polar surface area (TPSA) is 47.3 Å². The van der Waals surface area contributed by atoms with Crippen molar-refractivity contribution >= 4 is 0 Å². The molecule has 82 valence electrons. The third kappa shape index (κ3) is 6.88. The van der Waals surface area contributed by atoms with Gasteiger partial charge >= 0.3 is 0 Å². The normalized spacial score (nSPS) is 10.9. The molecule has 0 saturated heterocycles. The average molecular weight is 198 g/mol. The van der Waals surface area contributed by atoms with E-state index in [-0.39, 0.29) is 6.61 Å². The molecule has 0 aromatic rings. The van der Waals surface area contributed by atoms with Gasteiger partial charge in [0.25, 0.3) is 0 Å². The lowest BCUT2D eigenvalue weighted by Gasteiger charge is -2.25. The second-order valence-electron chi connectivity index (χ2n) is 3.82. The van der Waals surface area contributed by atoms with Crippen molar-refractivity contribution in [2.24, 2.45) is 0 Å². The van der Waals surface area contributed by atoms with E-state index in [0.29, 0.717) is 12.5 Å². The van der Waals surface area contributed by atoms with E-state index in [2.05, 4.69) is 24.8 Å². The summed E-state index contributed by atoms with van der Waals surface area (Å²) in [7, 11) is 0. The minimum absolute atomic E-state index is 0.265. The van der Waals surface area contributed by atoms with Crippen molar-refractivity contribution in [2.75, 3.05) is 19.7 Å². The van der Waals surface area contributed by atoms with Gasteiger partial charge in [-0.15, -0.1) is 0 Å². The summed E-state index contributed by atoms with van der Waals surface area (Å²) in [5.74, 6) is 0. The summed E-state index contributed by atoms with van der Waals surface area (Å²) < 4.78 is 0. The second kappa shape index (κ2) is 8.98. The van der Waals surface area contributed by atoms with E-state index in [9.17, 15) is 0 Å². The molecule has 0 aromatic carbocycles. The molecule has 0 amide bonds. The zero-order chi connectivity index (χ0) is 10.8. The van der Waals surface area contributed by atoms with Gasteiger partial charge in [0.2, 0.25) is 0 Å². The summed E-state index contributed by atoms with van der Waals surface area (Å²) in [5.41, 5.74) is 0. The largest absolute Gasteiger partial charge is 0.396 e. The molecule has 3 nitrogen and oxygen atoms in total. The van der Waals surface area contributed by atoms with Crippen LogP contribution in [0.15, 0.2) is 0 Å². The molecule has 0 atom stereocenters. The molecule has 1 N–H and O–H groups in total. The lowest BCUT2D eigenvalue weighted by molar-refractivity contribution is 0.189. The van der Waals surface area contributed by atoms with Gasteiger partial charge in [-0.05, 0) is 39.7 Å². The van der Waals surface area contributed by atoms with Gasteiger partial charge in [-0.1, -0.05) is 0 Å². The van der Waals surface area contributed by atoms with Crippen molar-refractivity contribution in [2.45, 2.75) is 45.6 Å². The molecule has 0 unspecified atom stereocenters. The van der Waals surface area contributed by atoms with Crippen LogP contribution < -0.4 is 0 Å². The van der Waals surface area contributed by atoms with Crippen LogP contribution in [0, 0.1) is 11.3 Å². The number of aliphatic hydroxyl groups excluding tert-OH is 1. The number of aliphatic hydroxyl groups is 1. The highest BCUT2D eigenvalue weighted by atomic mass is 16.3. The fourth-order valence-electron chi connectivity index (χ4n) is 1.42. The summed E-state index contributed by atoms with van der Waals surface area (Å²) in [5, 5.41) is 17.1. The fraction of sp³-hybridized carbons (Fsp3) is 0.909. The van der Waals surface area contributed by atoms with Crippen molar-refractivity contribution in [3.63, 3.8) is 0 Å². The zero-order valence-electron chi connectivity index (χ0n) is 9.37. The molecule has 0 aliphatic heterocycles. The summed E-state index contributed by atoms with van der Waals surface area (Å²) in [6.07, 6.45) is 3.57. The molecule has 0 aliphatic rings. The van der Waals surface area contributed by atoms with E-state index in [1.807, 2.05) is 0 Å². The van der Waals surface area contributed by atoms with E-state index in [1.54, 1.807) is 0 Å². The van der Waals surface area contributed by atoms with Gasteiger partial charge in [0, 0.05) is 25.6 Å². The molecule has 0 bridgehead atoms. The molecular weight excluding hydrogens is 176 g/mol. The monoisotopic (exact) mass is 198 g/mol. The first-order valence-corrected chi connectivity index (χ1v) is 5.44. The molecule has 0 spiro atoms. The molecule has 0 saturated carbocycles. The molecule has 0 rings (SSSR count). The first kappa shape index (κ1) is 13.4. The van der Waals surface area contributed by atoms with Gasteiger partial charge in [0.15, 0.2) is 0 Å². The Labute approximate surface area is 87.3 Å². The molecule has 0 fully saturated rings. The number of unbranched alkanes of at least 4 members (excludes halogenated alkanes) is 2.